The van der Waals surface area contributed by atoms with Gasteiger partial charge in [-0.2, -0.15) is 5.10 Å². The number of para-hydroxylation sites is 1. The predicted molar refractivity (Wildman–Crippen MR) is 135 cm³/mol. The van der Waals surface area contributed by atoms with Gasteiger partial charge in [0, 0.05) is 33.7 Å². The van der Waals surface area contributed by atoms with Gasteiger partial charge in [0.1, 0.15) is 6.04 Å². The molecule has 0 unspecified atom stereocenters. The maximum absolute atomic E-state index is 12.9. The molecule has 2 N–H and O–H groups in total. The highest BCUT2D eigenvalue weighted by molar-refractivity contribution is 6.36. The zero-order valence-electron chi connectivity index (χ0n) is 19.1. The Morgan fingerprint density at radius 3 is 2.48 bits per heavy atom. The van der Waals surface area contributed by atoms with Crippen molar-refractivity contribution in [3.63, 3.8) is 0 Å². The monoisotopic (exact) mass is 486 g/mol. The third-order valence-electron chi connectivity index (χ3n) is 5.21. The molecule has 33 heavy (non-hydrogen) atoms. The van der Waals surface area contributed by atoms with Crippen LogP contribution in [-0.2, 0) is 4.79 Å². The zero-order chi connectivity index (χ0) is 24.1. The second-order valence-electron chi connectivity index (χ2n) is 8.62. The first-order chi connectivity index (χ1) is 15.7. The first kappa shape index (κ1) is 24.8. The molecule has 174 valence electrons. The molecule has 3 aromatic rings. The molecule has 0 aliphatic rings. The number of rotatable bonds is 8. The molecular formula is C25H28Cl2N4O2. The number of carbonyl (C=O) groups excluding carboxylic acids is 2. The van der Waals surface area contributed by atoms with Crippen molar-refractivity contribution in [3.8, 4) is 0 Å². The fraction of sp³-hybridized carbons (Fsp3) is 0.320. The molecule has 0 saturated heterocycles. The van der Waals surface area contributed by atoms with E-state index >= 15 is 0 Å². The molecule has 1 heterocycles. The van der Waals surface area contributed by atoms with Crippen LogP contribution in [0.2, 0.25) is 10.0 Å². The first-order valence-corrected chi connectivity index (χ1v) is 11.6. The van der Waals surface area contributed by atoms with Crippen LogP contribution < -0.4 is 10.7 Å². The standard InChI is InChI=1S/C25H28Cl2N4O2/c1-15(2)11-22(29-24(32)20-10-9-18(26)12-21(20)27)25(33)30-28-13-17-14-31(16(3)4)23-8-6-5-7-19(17)23/h5-10,12-16,22H,11H2,1-4H3,(H,29,32)(H,30,33)/b28-13+/t22-/m0/s1. The van der Waals surface area contributed by atoms with Crippen molar-refractivity contribution in [1.29, 1.82) is 0 Å². The van der Waals surface area contributed by atoms with Crippen LogP contribution in [0.25, 0.3) is 10.9 Å². The van der Waals surface area contributed by atoms with Crippen molar-refractivity contribution in [2.45, 2.75) is 46.2 Å². The molecule has 0 bridgehead atoms. The number of halogens is 2. The van der Waals surface area contributed by atoms with Gasteiger partial charge < -0.3 is 9.88 Å². The minimum atomic E-state index is -0.765. The average molecular weight is 487 g/mol. The summed E-state index contributed by atoms with van der Waals surface area (Å²) in [6, 6.07) is 12.2. The third-order valence-corrected chi connectivity index (χ3v) is 5.76. The highest BCUT2D eigenvalue weighted by Gasteiger charge is 2.23. The maximum Gasteiger partial charge on any atom is 0.262 e. The SMILES string of the molecule is CC(C)C[C@H](NC(=O)c1ccc(Cl)cc1Cl)C(=O)N/N=C/c1cn(C(C)C)c2ccccc12. The highest BCUT2D eigenvalue weighted by atomic mass is 35.5. The number of nitrogens with zero attached hydrogens (tertiary/aromatic N) is 2. The number of benzene rings is 2. The van der Waals surface area contributed by atoms with E-state index < -0.39 is 17.9 Å². The van der Waals surface area contributed by atoms with Gasteiger partial charge in [-0.15, -0.1) is 0 Å². The first-order valence-electron chi connectivity index (χ1n) is 10.9. The summed E-state index contributed by atoms with van der Waals surface area (Å²) in [5.41, 5.74) is 4.83. The number of carbonyl (C=O) groups is 2. The van der Waals surface area contributed by atoms with Crippen molar-refractivity contribution in [1.82, 2.24) is 15.3 Å². The van der Waals surface area contributed by atoms with E-state index in [-0.39, 0.29) is 22.5 Å². The highest BCUT2D eigenvalue weighted by Crippen LogP contribution is 2.23. The van der Waals surface area contributed by atoms with Crippen LogP contribution in [0.1, 0.15) is 56.1 Å². The fourth-order valence-corrected chi connectivity index (χ4v) is 4.11. The van der Waals surface area contributed by atoms with E-state index in [1.54, 1.807) is 12.3 Å². The number of amides is 2. The number of aromatic nitrogens is 1. The number of nitrogens with one attached hydrogen (secondary N) is 2. The van der Waals surface area contributed by atoms with Gasteiger partial charge in [-0.25, -0.2) is 5.43 Å². The van der Waals surface area contributed by atoms with Crippen molar-refractivity contribution in [2.75, 3.05) is 0 Å². The van der Waals surface area contributed by atoms with Crippen molar-refractivity contribution >= 4 is 52.1 Å². The summed E-state index contributed by atoms with van der Waals surface area (Å²) in [5, 5.41) is 8.64. The lowest BCUT2D eigenvalue weighted by Gasteiger charge is -2.19. The van der Waals surface area contributed by atoms with Crippen molar-refractivity contribution in [3.05, 3.63) is 69.8 Å². The summed E-state index contributed by atoms with van der Waals surface area (Å²) in [6.07, 6.45) is 4.09. The molecule has 0 saturated carbocycles. The summed E-state index contributed by atoms with van der Waals surface area (Å²) in [7, 11) is 0. The molecule has 0 spiro atoms. The second-order valence-corrected chi connectivity index (χ2v) is 9.46. The zero-order valence-corrected chi connectivity index (χ0v) is 20.6. The van der Waals surface area contributed by atoms with E-state index in [9.17, 15) is 9.59 Å². The van der Waals surface area contributed by atoms with Crippen LogP contribution in [0.15, 0.2) is 53.8 Å². The van der Waals surface area contributed by atoms with Crippen LogP contribution >= 0.6 is 23.2 Å². The van der Waals surface area contributed by atoms with Crippen LogP contribution in [0, 0.1) is 5.92 Å². The molecule has 0 aliphatic heterocycles. The number of hydrogen-bond donors (Lipinski definition) is 2. The smallest absolute Gasteiger partial charge is 0.262 e. The topological polar surface area (TPSA) is 75.5 Å². The van der Waals surface area contributed by atoms with Crippen molar-refractivity contribution < 1.29 is 9.59 Å². The Labute approximate surface area is 203 Å². The van der Waals surface area contributed by atoms with Gasteiger partial charge in [-0.1, -0.05) is 55.2 Å². The summed E-state index contributed by atoms with van der Waals surface area (Å²) >= 11 is 12.1. The van der Waals surface area contributed by atoms with E-state index in [0.29, 0.717) is 11.4 Å². The lowest BCUT2D eigenvalue weighted by Crippen LogP contribution is -2.46. The lowest BCUT2D eigenvalue weighted by atomic mass is 10.0. The number of hydrogen-bond acceptors (Lipinski definition) is 3. The van der Waals surface area contributed by atoms with Gasteiger partial charge in [0.15, 0.2) is 0 Å². The second kappa shape index (κ2) is 10.9. The molecule has 2 amide bonds. The largest absolute Gasteiger partial charge is 0.344 e. The fourth-order valence-electron chi connectivity index (χ4n) is 3.62. The summed E-state index contributed by atoms with van der Waals surface area (Å²) in [5.74, 6) is -0.665. The molecule has 3 rings (SSSR count). The van der Waals surface area contributed by atoms with Crippen LogP contribution in [0.4, 0.5) is 0 Å². The molecular weight excluding hydrogens is 459 g/mol. The predicted octanol–water partition coefficient (Wildman–Crippen LogP) is 5.82. The van der Waals surface area contributed by atoms with Crippen LogP contribution in [0.3, 0.4) is 0 Å². The van der Waals surface area contributed by atoms with E-state index in [1.165, 1.54) is 12.1 Å². The Morgan fingerprint density at radius 1 is 1.09 bits per heavy atom. The molecule has 6 nitrogen and oxygen atoms in total. The van der Waals surface area contributed by atoms with E-state index in [0.717, 1.165) is 16.5 Å². The minimum Gasteiger partial charge on any atom is -0.344 e. The van der Waals surface area contributed by atoms with Crippen LogP contribution in [-0.4, -0.2) is 28.6 Å². The lowest BCUT2D eigenvalue weighted by molar-refractivity contribution is -0.123. The minimum absolute atomic E-state index is 0.176. The normalized spacial score (nSPS) is 12.6. The molecule has 1 atom stereocenters. The molecule has 2 aromatic carbocycles. The third kappa shape index (κ3) is 6.15. The van der Waals surface area contributed by atoms with E-state index in [2.05, 4.69) is 40.3 Å². The molecule has 0 aliphatic carbocycles. The molecule has 0 radical (unpaired) electrons. The summed E-state index contributed by atoms with van der Waals surface area (Å²) in [6.45, 7) is 8.18. The Morgan fingerprint density at radius 2 is 1.82 bits per heavy atom. The molecule has 0 fully saturated rings. The number of hydrazone groups is 1. The maximum atomic E-state index is 12.9. The Kier molecular flexibility index (Phi) is 8.16. The summed E-state index contributed by atoms with van der Waals surface area (Å²) in [4.78, 5) is 25.6. The van der Waals surface area contributed by atoms with E-state index in [1.807, 2.05) is 38.2 Å². The Balaban J connectivity index is 1.75. The summed E-state index contributed by atoms with van der Waals surface area (Å²) < 4.78 is 2.16. The van der Waals surface area contributed by atoms with Gasteiger partial charge in [-0.05, 0) is 50.5 Å². The van der Waals surface area contributed by atoms with Gasteiger partial charge in [-0.3, -0.25) is 9.59 Å². The van der Waals surface area contributed by atoms with E-state index in [4.69, 9.17) is 23.2 Å². The average Bonchev–Trinajstić information content (AvgIpc) is 3.12. The van der Waals surface area contributed by atoms with Crippen LogP contribution in [0.5, 0.6) is 0 Å². The number of fused-ring (bicyclic) bond motifs is 1. The van der Waals surface area contributed by atoms with Gasteiger partial charge >= 0.3 is 0 Å². The van der Waals surface area contributed by atoms with Gasteiger partial charge in [0.25, 0.3) is 11.8 Å². The molecule has 1 aromatic heterocycles. The Hall–Kier alpha value is -2.83. The quantitative estimate of drug-likeness (QED) is 0.310. The molecule has 8 heteroatoms. The Bertz CT molecular complexity index is 1180. The van der Waals surface area contributed by atoms with Gasteiger partial charge in [0.2, 0.25) is 0 Å². The van der Waals surface area contributed by atoms with Gasteiger partial charge in [0.05, 0.1) is 16.8 Å². The van der Waals surface area contributed by atoms with Crippen molar-refractivity contribution in [2.24, 2.45) is 11.0 Å².